The Labute approximate surface area is 184 Å². The predicted octanol–water partition coefficient (Wildman–Crippen LogP) is 6.83. The van der Waals surface area contributed by atoms with Crippen LogP contribution in [0.5, 0.6) is 5.75 Å². The van der Waals surface area contributed by atoms with Crippen molar-refractivity contribution in [2.45, 2.75) is 6.42 Å². The van der Waals surface area contributed by atoms with Crippen LogP contribution in [0.15, 0.2) is 102 Å². The third kappa shape index (κ3) is 4.84. The lowest BCUT2D eigenvalue weighted by Crippen LogP contribution is -1.94. The van der Waals surface area contributed by atoms with Crippen LogP contribution in [-0.4, -0.2) is 17.1 Å². The maximum atomic E-state index is 5.38. The van der Waals surface area contributed by atoms with Crippen LogP contribution >= 0.6 is 15.9 Å². The average molecular weight is 457 g/mol. The highest BCUT2D eigenvalue weighted by Gasteiger charge is 2.04. The molecular formula is C26H21BrN2O. The second-order valence-electron chi connectivity index (χ2n) is 6.87. The molecule has 0 aliphatic rings. The van der Waals surface area contributed by atoms with E-state index in [-0.39, 0.29) is 0 Å². The van der Waals surface area contributed by atoms with Gasteiger partial charge in [0.1, 0.15) is 5.75 Å². The molecule has 0 unspecified atom stereocenters. The molecule has 2 aromatic heterocycles. The number of ether oxygens (including phenoxy) is 1. The second kappa shape index (κ2) is 9.51. The Balaban J connectivity index is 0.000000168. The number of halogens is 1. The van der Waals surface area contributed by atoms with Gasteiger partial charge >= 0.3 is 0 Å². The van der Waals surface area contributed by atoms with E-state index in [1.807, 2.05) is 73.1 Å². The zero-order chi connectivity index (χ0) is 20.8. The number of para-hydroxylation sites is 3. The minimum atomic E-state index is 0.835. The third-order valence-corrected chi connectivity index (χ3v) is 5.22. The molecule has 0 N–H and O–H groups in total. The summed E-state index contributed by atoms with van der Waals surface area (Å²) in [7, 11) is 1.71. The number of hydrogen-bond donors (Lipinski definition) is 0. The number of fused-ring (bicyclic) bond motifs is 2. The number of pyridine rings is 2. The topological polar surface area (TPSA) is 35.0 Å². The number of nitrogens with zero attached hydrogens (tertiary/aromatic N) is 2. The van der Waals surface area contributed by atoms with Crippen molar-refractivity contribution in [1.82, 2.24) is 9.97 Å². The van der Waals surface area contributed by atoms with E-state index >= 15 is 0 Å². The fraction of sp³-hybridized carbons (Fsp3) is 0.0769. The zero-order valence-electron chi connectivity index (χ0n) is 16.6. The van der Waals surface area contributed by atoms with Gasteiger partial charge in [-0.25, -0.2) is 0 Å². The molecule has 3 nitrogen and oxygen atoms in total. The van der Waals surface area contributed by atoms with Crippen LogP contribution in [0.2, 0.25) is 0 Å². The Kier molecular flexibility index (Phi) is 6.35. The van der Waals surface area contributed by atoms with Crippen molar-refractivity contribution in [1.29, 1.82) is 0 Å². The van der Waals surface area contributed by atoms with Crippen LogP contribution in [0.4, 0.5) is 0 Å². The minimum absolute atomic E-state index is 0.835. The van der Waals surface area contributed by atoms with Crippen molar-refractivity contribution in [2.75, 3.05) is 7.11 Å². The average Bonchev–Trinajstić information content (AvgIpc) is 2.80. The number of methoxy groups -OCH3 is 1. The van der Waals surface area contributed by atoms with Crippen molar-refractivity contribution in [3.05, 3.63) is 113 Å². The van der Waals surface area contributed by atoms with Gasteiger partial charge < -0.3 is 4.74 Å². The molecule has 5 rings (SSSR count). The van der Waals surface area contributed by atoms with E-state index in [1.165, 1.54) is 21.9 Å². The Morgan fingerprint density at radius 2 is 1.33 bits per heavy atom. The van der Waals surface area contributed by atoms with Crippen molar-refractivity contribution in [3.8, 4) is 5.75 Å². The molecule has 0 atom stereocenters. The fourth-order valence-corrected chi connectivity index (χ4v) is 3.68. The van der Waals surface area contributed by atoms with Crippen molar-refractivity contribution in [3.63, 3.8) is 0 Å². The third-order valence-electron chi connectivity index (χ3n) is 4.79. The summed E-state index contributed by atoms with van der Waals surface area (Å²) < 4.78 is 6.41. The van der Waals surface area contributed by atoms with Crippen LogP contribution in [-0.2, 0) is 6.42 Å². The molecule has 5 aromatic rings. The van der Waals surface area contributed by atoms with E-state index in [4.69, 9.17) is 4.74 Å². The van der Waals surface area contributed by atoms with Crippen LogP contribution in [0.25, 0.3) is 21.8 Å². The summed E-state index contributed by atoms with van der Waals surface area (Å²) >= 11 is 3.37. The Bertz CT molecular complexity index is 1290. The van der Waals surface area contributed by atoms with Gasteiger partial charge in [0.2, 0.25) is 0 Å². The smallest absolute Gasteiger partial charge is 0.122 e. The van der Waals surface area contributed by atoms with Gasteiger partial charge in [-0.05, 0) is 57.4 Å². The molecule has 0 radical (unpaired) electrons. The first-order chi connectivity index (χ1) is 14.7. The van der Waals surface area contributed by atoms with Gasteiger partial charge in [0.05, 0.1) is 18.1 Å². The molecule has 2 heterocycles. The van der Waals surface area contributed by atoms with Crippen LogP contribution in [0, 0.1) is 0 Å². The van der Waals surface area contributed by atoms with Crippen LogP contribution in [0.3, 0.4) is 0 Å². The molecule has 0 fully saturated rings. The predicted molar refractivity (Wildman–Crippen MR) is 127 cm³/mol. The van der Waals surface area contributed by atoms with Gasteiger partial charge in [-0.2, -0.15) is 0 Å². The lowest BCUT2D eigenvalue weighted by molar-refractivity contribution is 0.410. The van der Waals surface area contributed by atoms with Gasteiger partial charge in [-0.3, -0.25) is 9.97 Å². The van der Waals surface area contributed by atoms with Gasteiger partial charge in [-0.1, -0.05) is 54.6 Å². The molecule has 3 aromatic carbocycles. The van der Waals surface area contributed by atoms with E-state index in [0.29, 0.717) is 0 Å². The SMILES string of the molecule is Brc1cnc2ccccc2c1.COc1ccccc1Cc1cnc2ccccc2c1. The van der Waals surface area contributed by atoms with Gasteiger partial charge in [0.25, 0.3) is 0 Å². The molecule has 30 heavy (non-hydrogen) atoms. The quantitative estimate of drug-likeness (QED) is 0.298. The summed E-state index contributed by atoms with van der Waals surface area (Å²) in [5.74, 6) is 0.927. The first kappa shape index (κ1) is 20.0. The van der Waals surface area contributed by atoms with Crippen LogP contribution < -0.4 is 4.74 Å². The molecule has 0 bridgehead atoms. The molecule has 148 valence electrons. The Morgan fingerprint density at radius 1 is 0.733 bits per heavy atom. The minimum Gasteiger partial charge on any atom is -0.496 e. The van der Waals surface area contributed by atoms with Gasteiger partial charge in [0.15, 0.2) is 0 Å². The number of benzene rings is 3. The molecule has 0 aliphatic heterocycles. The summed E-state index contributed by atoms with van der Waals surface area (Å²) in [6, 6.07) is 28.6. The largest absolute Gasteiger partial charge is 0.496 e. The molecule has 0 spiro atoms. The highest BCUT2D eigenvalue weighted by molar-refractivity contribution is 9.10. The summed E-state index contributed by atoms with van der Waals surface area (Å²) in [6.07, 6.45) is 4.58. The highest BCUT2D eigenvalue weighted by atomic mass is 79.9. The Morgan fingerprint density at radius 3 is 2.07 bits per heavy atom. The molecule has 0 aliphatic carbocycles. The van der Waals surface area contributed by atoms with Crippen LogP contribution in [0.1, 0.15) is 11.1 Å². The summed E-state index contributed by atoms with van der Waals surface area (Å²) in [4.78, 5) is 8.73. The second-order valence-corrected chi connectivity index (χ2v) is 7.79. The van der Waals surface area contributed by atoms with E-state index in [1.54, 1.807) is 7.11 Å². The monoisotopic (exact) mass is 456 g/mol. The van der Waals surface area contributed by atoms with Crippen molar-refractivity contribution >= 4 is 37.7 Å². The highest BCUT2D eigenvalue weighted by Crippen LogP contribution is 2.22. The number of aromatic nitrogens is 2. The summed E-state index contributed by atoms with van der Waals surface area (Å²) in [6.45, 7) is 0. The van der Waals surface area contributed by atoms with Gasteiger partial charge in [0, 0.05) is 34.1 Å². The molecule has 0 saturated heterocycles. The Hall–Kier alpha value is -3.24. The first-order valence-electron chi connectivity index (χ1n) is 9.69. The number of hydrogen-bond acceptors (Lipinski definition) is 3. The lowest BCUT2D eigenvalue weighted by atomic mass is 10.0. The zero-order valence-corrected chi connectivity index (χ0v) is 18.2. The van der Waals surface area contributed by atoms with Crippen molar-refractivity contribution < 1.29 is 4.74 Å². The maximum Gasteiger partial charge on any atom is 0.122 e. The molecular weight excluding hydrogens is 436 g/mol. The maximum absolute atomic E-state index is 5.38. The van der Waals surface area contributed by atoms with Gasteiger partial charge in [-0.15, -0.1) is 0 Å². The fourth-order valence-electron chi connectivity index (χ4n) is 3.33. The summed E-state index contributed by atoms with van der Waals surface area (Å²) in [5, 5.41) is 2.34. The summed E-state index contributed by atoms with van der Waals surface area (Å²) in [5.41, 5.74) is 4.45. The lowest BCUT2D eigenvalue weighted by Gasteiger charge is -2.08. The standard InChI is InChI=1S/C17H15NO.C9H6BrN/c1-19-17-9-5-3-7-15(17)11-13-10-14-6-2-4-8-16(14)18-12-13;10-8-5-7-3-1-2-4-9(7)11-6-8/h2-10,12H,11H2,1H3;1-6H. The first-order valence-corrected chi connectivity index (χ1v) is 10.5. The van der Waals surface area contributed by atoms with E-state index in [2.05, 4.69) is 50.2 Å². The molecule has 0 saturated carbocycles. The number of rotatable bonds is 3. The normalized spacial score (nSPS) is 10.5. The molecule has 0 amide bonds. The van der Waals surface area contributed by atoms with Crippen molar-refractivity contribution in [2.24, 2.45) is 0 Å². The van der Waals surface area contributed by atoms with E-state index in [9.17, 15) is 0 Å². The van der Waals surface area contributed by atoms with E-state index in [0.717, 1.165) is 27.7 Å². The molecule has 4 heteroatoms. The van der Waals surface area contributed by atoms with E-state index < -0.39 is 0 Å².